The molecule has 1 amide bonds. The lowest BCUT2D eigenvalue weighted by atomic mass is 10.1. The van der Waals surface area contributed by atoms with Gasteiger partial charge >= 0.3 is 0 Å². The van der Waals surface area contributed by atoms with Crippen LogP contribution in [-0.2, 0) is 19.5 Å². The van der Waals surface area contributed by atoms with Crippen LogP contribution in [0.3, 0.4) is 0 Å². The molecule has 29 heavy (non-hydrogen) atoms. The summed E-state index contributed by atoms with van der Waals surface area (Å²) in [5, 5.41) is 11.8. The molecule has 0 unspecified atom stereocenters. The predicted molar refractivity (Wildman–Crippen MR) is 110 cm³/mol. The largest absolute Gasteiger partial charge is 0.469 e. The zero-order chi connectivity index (χ0) is 20.4. The van der Waals surface area contributed by atoms with Crippen molar-refractivity contribution in [3.63, 3.8) is 0 Å². The Kier molecular flexibility index (Phi) is 5.49. The van der Waals surface area contributed by atoms with Gasteiger partial charge in [-0.1, -0.05) is 29.8 Å². The predicted octanol–water partition coefficient (Wildman–Crippen LogP) is 3.04. The molecule has 1 aromatic carbocycles. The number of carbonyl (C=O) groups excluding carboxylic acids is 1. The summed E-state index contributed by atoms with van der Waals surface area (Å²) in [4.78, 5) is 15.0. The molecule has 1 atom stereocenters. The van der Waals surface area contributed by atoms with E-state index >= 15 is 0 Å². The van der Waals surface area contributed by atoms with Crippen LogP contribution in [0.4, 0.5) is 0 Å². The average Bonchev–Trinajstić information content (AvgIpc) is 3.26. The van der Waals surface area contributed by atoms with Crippen molar-refractivity contribution in [2.45, 2.75) is 46.3 Å². The number of benzene rings is 1. The standard InChI is InChI=1S/C22H27N5O2/c1-15-4-6-18(7-5-15)14-26-10-8-20-24-25-21(27(20)12-11-26)16(2)23-22(28)19-9-13-29-17(19)3/h4-7,9,13,16H,8,10-12,14H2,1-3H3,(H,23,28)/t16-/m1/s1. The highest BCUT2D eigenvalue weighted by atomic mass is 16.3. The van der Waals surface area contributed by atoms with E-state index in [2.05, 4.69) is 56.2 Å². The fraction of sp³-hybridized carbons (Fsp3) is 0.409. The molecule has 2 aromatic heterocycles. The van der Waals surface area contributed by atoms with Crippen molar-refractivity contribution in [3.8, 4) is 0 Å². The van der Waals surface area contributed by atoms with Gasteiger partial charge in [0.05, 0.1) is 17.9 Å². The van der Waals surface area contributed by atoms with Gasteiger partial charge in [0.1, 0.15) is 11.6 Å². The van der Waals surface area contributed by atoms with Crippen LogP contribution >= 0.6 is 0 Å². The molecule has 3 aromatic rings. The van der Waals surface area contributed by atoms with E-state index in [1.807, 2.05) is 6.92 Å². The summed E-state index contributed by atoms with van der Waals surface area (Å²) in [5.41, 5.74) is 3.16. The van der Waals surface area contributed by atoms with Crippen molar-refractivity contribution in [2.24, 2.45) is 0 Å². The molecule has 3 heterocycles. The molecule has 0 spiro atoms. The number of furan rings is 1. The molecule has 0 fully saturated rings. The van der Waals surface area contributed by atoms with Gasteiger partial charge in [0.25, 0.3) is 5.91 Å². The summed E-state index contributed by atoms with van der Waals surface area (Å²) in [6.07, 6.45) is 2.38. The number of rotatable bonds is 5. The molecule has 1 aliphatic rings. The molecule has 152 valence electrons. The maximum Gasteiger partial charge on any atom is 0.255 e. The molecular weight excluding hydrogens is 366 g/mol. The van der Waals surface area contributed by atoms with Crippen LogP contribution in [-0.4, -0.2) is 38.7 Å². The van der Waals surface area contributed by atoms with Gasteiger partial charge in [-0.15, -0.1) is 10.2 Å². The van der Waals surface area contributed by atoms with Gasteiger partial charge in [0.15, 0.2) is 5.82 Å². The van der Waals surface area contributed by atoms with Gasteiger partial charge < -0.3 is 14.3 Å². The Labute approximate surface area is 170 Å². The van der Waals surface area contributed by atoms with E-state index < -0.39 is 0 Å². The van der Waals surface area contributed by atoms with E-state index in [0.717, 1.165) is 44.2 Å². The van der Waals surface area contributed by atoms with Gasteiger partial charge in [-0.05, 0) is 32.4 Å². The van der Waals surface area contributed by atoms with Crippen LogP contribution in [0.1, 0.15) is 51.9 Å². The monoisotopic (exact) mass is 393 g/mol. The Morgan fingerprint density at radius 1 is 1.14 bits per heavy atom. The first kappa shape index (κ1) is 19.4. The van der Waals surface area contributed by atoms with E-state index in [-0.39, 0.29) is 11.9 Å². The number of fused-ring (bicyclic) bond motifs is 1. The molecule has 0 saturated carbocycles. The van der Waals surface area contributed by atoms with E-state index in [1.54, 1.807) is 13.0 Å². The third-order valence-corrected chi connectivity index (χ3v) is 5.51. The molecule has 1 aliphatic heterocycles. The summed E-state index contributed by atoms with van der Waals surface area (Å²) in [6.45, 7) is 9.45. The Morgan fingerprint density at radius 2 is 1.93 bits per heavy atom. The molecule has 1 N–H and O–H groups in total. The summed E-state index contributed by atoms with van der Waals surface area (Å²) >= 11 is 0. The van der Waals surface area contributed by atoms with E-state index in [9.17, 15) is 4.79 Å². The third-order valence-electron chi connectivity index (χ3n) is 5.51. The van der Waals surface area contributed by atoms with Crippen LogP contribution < -0.4 is 5.32 Å². The van der Waals surface area contributed by atoms with Crippen molar-refractivity contribution in [2.75, 3.05) is 13.1 Å². The minimum absolute atomic E-state index is 0.157. The quantitative estimate of drug-likeness (QED) is 0.721. The SMILES string of the molecule is Cc1ccc(CN2CCc3nnc([C@@H](C)NC(=O)c4ccoc4C)n3CC2)cc1. The topological polar surface area (TPSA) is 76.2 Å². The van der Waals surface area contributed by atoms with Crippen molar-refractivity contribution >= 4 is 5.91 Å². The molecule has 0 bridgehead atoms. The van der Waals surface area contributed by atoms with Crippen molar-refractivity contribution < 1.29 is 9.21 Å². The fourth-order valence-corrected chi connectivity index (χ4v) is 3.78. The minimum atomic E-state index is -0.235. The lowest BCUT2D eigenvalue weighted by molar-refractivity contribution is 0.0936. The molecule has 0 radical (unpaired) electrons. The highest BCUT2D eigenvalue weighted by molar-refractivity contribution is 5.95. The first-order valence-corrected chi connectivity index (χ1v) is 10.1. The Morgan fingerprint density at radius 3 is 2.66 bits per heavy atom. The summed E-state index contributed by atoms with van der Waals surface area (Å²) in [6, 6.07) is 10.2. The maximum atomic E-state index is 12.5. The molecule has 0 saturated heterocycles. The van der Waals surface area contributed by atoms with Gasteiger partial charge in [-0.25, -0.2) is 0 Å². The van der Waals surface area contributed by atoms with Crippen LogP contribution in [0.15, 0.2) is 41.0 Å². The summed E-state index contributed by atoms with van der Waals surface area (Å²) < 4.78 is 7.39. The Bertz CT molecular complexity index is 989. The number of amides is 1. The van der Waals surface area contributed by atoms with E-state index in [4.69, 9.17) is 4.42 Å². The van der Waals surface area contributed by atoms with Crippen LogP contribution in [0.25, 0.3) is 0 Å². The second-order valence-electron chi connectivity index (χ2n) is 7.72. The van der Waals surface area contributed by atoms with Crippen molar-refractivity contribution in [1.29, 1.82) is 0 Å². The molecule has 7 nitrogen and oxygen atoms in total. The second-order valence-corrected chi connectivity index (χ2v) is 7.72. The molecule has 4 rings (SSSR count). The molecular formula is C22H27N5O2. The first-order chi connectivity index (χ1) is 14.0. The number of carbonyl (C=O) groups is 1. The van der Waals surface area contributed by atoms with E-state index in [1.165, 1.54) is 17.4 Å². The minimum Gasteiger partial charge on any atom is -0.469 e. The fourth-order valence-electron chi connectivity index (χ4n) is 3.78. The van der Waals surface area contributed by atoms with Gasteiger partial charge in [0, 0.05) is 32.6 Å². The lowest BCUT2D eigenvalue weighted by Crippen LogP contribution is -2.30. The van der Waals surface area contributed by atoms with Crippen molar-refractivity contribution in [3.05, 3.63) is 70.7 Å². The van der Waals surface area contributed by atoms with Gasteiger partial charge in [0.2, 0.25) is 0 Å². The van der Waals surface area contributed by atoms with Crippen LogP contribution in [0, 0.1) is 13.8 Å². The Balaban J connectivity index is 1.42. The summed E-state index contributed by atoms with van der Waals surface area (Å²) in [7, 11) is 0. The van der Waals surface area contributed by atoms with Crippen LogP contribution in [0.5, 0.6) is 0 Å². The maximum absolute atomic E-state index is 12.5. The number of aryl methyl sites for hydroxylation is 2. The number of aromatic nitrogens is 3. The Hall–Kier alpha value is -2.93. The molecule has 0 aliphatic carbocycles. The van der Waals surface area contributed by atoms with Gasteiger partial charge in [-0.3, -0.25) is 9.69 Å². The average molecular weight is 393 g/mol. The number of nitrogens with one attached hydrogen (secondary N) is 1. The number of nitrogens with zero attached hydrogens (tertiary/aromatic N) is 4. The van der Waals surface area contributed by atoms with E-state index in [0.29, 0.717) is 11.3 Å². The smallest absolute Gasteiger partial charge is 0.255 e. The normalized spacial score (nSPS) is 15.6. The van der Waals surface area contributed by atoms with Gasteiger partial charge in [-0.2, -0.15) is 0 Å². The van der Waals surface area contributed by atoms with Crippen molar-refractivity contribution in [1.82, 2.24) is 25.0 Å². The third kappa shape index (κ3) is 4.24. The number of hydrogen-bond donors (Lipinski definition) is 1. The lowest BCUT2D eigenvalue weighted by Gasteiger charge is -2.20. The second kappa shape index (κ2) is 8.21. The summed E-state index contributed by atoms with van der Waals surface area (Å²) in [5.74, 6) is 2.23. The van der Waals surface area contributed by atoms with Crippen LogP contribution in [0.2, 0.25) is 0 Å². The first-order valence-electron chi connectivity index (χ1n) is 10.1. The zero-order valence-electron chi connectivity index (χ0n) is 17.2. The highest BCUT2D eigenvalue weighted by Gasteiger charge is 2.23. The highest BCUT2D eigenvalue weighted by Crippen LogP contribution is 2.18. The number of hydrogen-bond acceptors (Lipinski definition) is 5. The zero-order valence-corrected chi connectivity index (χ0v) is 17.2. The molecule has 7 heteroatoms.